The molecule has 2 rings (SSSR count). The molecular weight excluding hydrogens is 254 g/mol. The molecule has 0 atom stereocenters. The SMILES string of the molecule is CO[C@H]1CC[C@H](N(C)C(=O)OCc2ccccc2)CC1. The van der Waals surface area contributed by atoms with Gasteiger partial charge in [-0.1, -0.05) is 30.3 Å². The third-order valence-electron chi connectivity index (χ3n) is 4.02. The molecule has 0 aromatic heterocycles. The van der Waals surface area contributed by atoms with E-state index in [0.29, 0.717) is 12.7 Å². The minimum Gasteiger partial charge on any atom is -0.445 e. The molecule has 0 heterocycles. The average Bonchev–Trinajstić information content (AvgIpc) is 2.53. The maximum Gasteiger partial charge on any atom is 0.410 e. The number of carbonyl (C=O) groups excluding carboxylic acids is 1. The number of rotatable bonds is 4. The summed E-state index contributed by atoms with van der Waals surface area (Å²) in [5, 5.41) is 0. The zero-order valence-electron chi connectivity index (χ0n) is 12.2. The molecule has 4 heteroatoms. The summed E-state index contributed by atoms with van der Waals surface area (Å²) in [5.41, 5.74) is 1.01. The van der Waals surface area contributed by atoms with Gasteiger partial charge in [0.1, 0.15) is 6.61 Å². The number of amides is 1. The predicted molar refractivity (Wildman–Crippen MR) is 77.4 cm³/mol. The van der Waals surface area contributed by atoms with Crippen molar-refractivity contribution in [2.24, 2.45) is 0 Å². The first-order valence-corrected chi connectivity index (χ1v) is 7.17. The minimum atomic E-state index is -0.241. The van der Waals surface area contributed by atoms with Crippen molar-refractivity contribution >= 4 is 6.09 Å². The van der Waals surface area contributed by atoms with Crippen molar-refractivity contribution in [1.82, 2.24) is 4.90 Å². The molecule has 0 saturated heterocycles. The fourth-order valence-corrected chi connectivity index (χ4v) is 2.64. The Hall–Kier alpha value is -1.55. The van der Waals surface area contributed by atoms with Crippen LogP contribution in [0.3, 0.4) is 0 Å². The van der Waals surface area contributed by atoms with Crippen LogP contribution in [0, 0.1) is 0 Å². The van der Waals surface area contributed by atoms with Gasteiger partial charge >= 0.3 is 6.09 Å². The van der Waals surface area contributed by atoms with Crippen LogP contribution in [-0.4, -0.2) is 37.3 Å². The largest absolute Gasteiger partial charge is 0.445 e. The van der Waals surface area contributed by atoms with Gasteiger partial charge in [0, 0.05) is 20.2 Å². The van der Waals surface area contributed by atoms with Crippen molar-refractivity contribution in [2.75, 3.05) is 14.2 Å². The van der Waals surface area contributed by atoms with Crippen LogP contribution in [-0.2, 0) is 16.1 Å². The van der Waals surface area contributed by atoms with Gasteiger partial charge in [0.15, 0.2) is 0 Å². The highest BCUT2D eigenvalue weighted by Gasteiger charge is 2.27. The summed E-state index contributed by atoms with van der Waals surface area (Å²) in [7, 11) is 3.58. The van der Waals surface area contributed by atoms with Gasteiger partial charge in [-0.2, -0.15) is 0 Å². The zero-order chi connectivity index (χ0) is 14.4. The monoisotopic (exact) mass is 277 g/mol. The second-order valence-corrected chi connectivity index (χ2v) is 5.32. The van der Waals surface area contributed by atoms with E-state index in [2.05, 4.69) is 0 Å². The Balaban J connectivity index is 1.77. The van der Waals surface area contributed by atoms with Gasteiger partial charge in [0.2, 0.25) is 0 Å². The molecule has 20 heavy (non-hydrogen) atoms. The molecule has 0 bridgehead atoms. The number of hydrogen-bond acceptors (Lipinski definition) is 3. The molecular formula is C16H23NO3. The van der Waals surface area contributed by atoms with Crippen molar-refractivity contribution < 1.29 is 14.3 Å². The number of nitrogens with zero attached hydrogens (tertiary/aromatic N) is 1. The molecule has 1 aromatic carbocycles. The first-order chi connectivity index (χ1) is 9.70. The smallest absolute Gasteiger partial charge is 0.410 e. The summed E-state index contributed by atoms with van der Waals surface area (Å²) >= 11 is 0. The van der Waals surface area contributed by atoms with Crippen molar-refractivity contribution in [1.29, 1.82) is 0 Å². The second kappa shape index (κ2) is 7.29. The predicted octanol–water partition coefficient (Wildman–Crippen LogP) is 3.21. The van der Waals surface area contributed by atoms with Gasteiger partial charge in [0.25, 0.3) is 0 Å². The Morgan fingerprint density at radius 2 is 1.85 bits per heavy atom. The molecule has 1 amide bonds. The standard InChI is InChI=1S/C16H23NO3/c1-17(14-8-10-15(19-2)11-9-14)16(18)20-12-13-6-4-3-5-7-13/h3-7,14-15H,8-12H2,1-2H3/t14-,15-. The molecule has 4 nitrogen and oxygen atoms in total. The third kappa shape index (κ3) is 3.97. The van der Waals surface area contributed by atoms with Crippen LogP contribution in [0.1, 0.15) is 31.2 Å². The lowest BCUT2D eigenvalue weighted by Gasteiger charge is -2.33. The maximum absolute atomic E-state index is 12.0. The fourth-order valence-electron chi connectivity index (χ4n) is 2.64. The lowest BCUT2D eigenvalue weighted by molar-refractivity contribution is 0.0365. The van der Waals surface area contributed by atoms with Crippen LogP contribution >= 0.6 is 0 Å². The average molecular weight is 277 g/mol. The van der Waals surface area contributed by atoms with Crippen LogP contribution in [0.2, 0.25) is 0 Å². The highest BCUT2D eigenvalue weighted by Crippen LogP contribution is 2.24. The topological polar surface area (TPSA) is 38.8 Å². The van der Waals surface area contributed by atoms with Crippen molar-refractivity contribution in [2.45, 2.75) is 44.4 Å². The summed E-state index contributed by atoms with van der Waals surface area (Å²) in [6, 6.07) is 10.0. The number of methoxy groups -OCH3 is 1. The second-order valence-electron chi connectivity index (χ2n) is 5.32. The van der Waals surface area contributed by atoms with Crippen molar-refractivity contribution in [3.8, 4) is 0 Å². The number of hydrogen-bond donors (Lipinski definition) is 0. The minimum absolute atomic E-state index is 0.241. The normalized spacial score (nSPS) is 22.3. The number of carbonyl (C=O) groups is 1. The third-order valence-corrected chi connectivity index (χ3v) is 4.02. The highest BCUT2D eigenvalue weighted by molar-refractivity contribution is 5.67. The van der Waals surface area contributed by atoms with Crippen LogP contribution in [0.25, 0.3) is 0 Å². The van der Waals surface area contributed by atoms with E-state index in [0.717, 1.165) is 31.2 Å². The van der Waals surface area contributed by atoms with E-state index in [1.165, 1.54) is 0 Å². The van der Waals surface area contributed by atoms with E-state index in [-0.39, 0.29) is 12.1 Å². The summed E-state index contributed by atoms with van der Waals surface area (Å²) in [6.07, 6.45) is 4.09. The molecule has 1 aliphatic rings. The molecule has 0 unspecified atom stereocenters. The Bertz CT molecular complexity index is 413. The van der Waals surface area contributed by atoms with E-state index in [9.17, 15) is 4.79 Å². The Labute approximate surface area is 120 Å². The van der Waals surface area contributed by atoms with Gasteiger partial charge in [-0.3, -0.25) is 0 Å². The molecule has 110 valence electrons. The molecule has 0 aliphatic heterocycles. The Morgan fingerprint density at radius 1 is 1.20 bits per heavy atom. The van der Waals surface area contributed by atoms with Crippen LogP contribution in [0.15, 0.2) is 30.3 Å². The van der Waals surface area contributed by atoms with Gasteiger partial charge in [-0.15, -0.1) is 0 Å². The lowest BCUT2D eigenvalue weighted by atomic mass is 9.92. The molecule has 0 radical (unpaired) electrons. The van der Waals surface area contributed by atoms with Gasteiger partial charge < -0.3 is 14.4 Å². The maximum atomic E-state index is 12.0. The summed E-state index contributed by atoms with van der Waals surface area (Å²) in [4.78, 5) is 13.8. The Morgan fingerprint density at radius 3 is 2.45 bits per heavy atom. The molecule has 1 aliphatic carbocycles. The van der Waals surface area contributed by atoms with Gasteiger partial charge in [0.05, 0.1) is 6.10 Å². The lowest BCUT2D eigenvalue weighted by Crippen LogP contribution is -2.40. The first-order valence-electron chi connectivity index (χ1n) is 7.17. The van der Waals surface area contributed by atoms with E-state index in [1.807, 2.05) is 37.4 Å². The van der Waals surface area contributed by atoms with E-state index < -0.39 is 0 Å². The summed E-state index contributed by atoms with van der Waals surface area (Å²) in [5.74, 6) is 0. The first kappa shape index (κ1) is 14.9. The fraction of sp³-hybridized carbons (Fsp3) is 0.562. The molecule has 0 spiro atoms. The zero-order valence-corrected chi connectivity index (χ0v) is 12.2. The van der Waals surface area contributed by atoms with E-state index in [4.69, 9.17) is 9.47 Å². The number of benzene rings is 1. The quantitative estimate of drug-likeness (QED) is 0.848. The molecule has 1 saturated carbocycles. The molecule has 0 N–H and O–H groups in total. The van der Waals surface area contributed by atoms with Crippen LogP contribution < -0.4 is 0 Å². The van der Waals surface area contributed by atoms with Crippen molar-refractivity contribution in [3.63, 3.8) is 0 Å². The molecule has 1 aromatic rings. The van der Waals surface area contributed by atoms with E-state index >= 15 is 0 Å². The van der Waals surface area contributed by atoms with E-state index in [1.54, 1.807) is 12.0 Å². The molecule has 1 fully saturated rings. The number of ether oxygens (including phenoxy) is 2. The summed E-state index contributed by atoms with van der Waals surface area (Å²) < 4.78 is 10.7. The summed E-state index contributed by atoms with van der Waals surface area (Å²) in [6.45, 7) is 0.331. The highest BCUT2D eigenvalue weighted by atomic mass is 16.6. The van der Waals surface area contributed by atoms with Crippen LogP contribution in [0.4, 0.5) is 4.79 Å². The Kier molecular flexibility index (Phi) is 5.41. The van der Waals surface area contributed by atoms with Crippen molar-refractivity contribution in [3.05, 3.63) is 35.9 Å². The van der Waals surface area contributed by atoms with Gasteiger partial charge in [-0.25, -0.2) is 4.79 Å². The van der Waals surface area contributed by atoms with Crippen LogP contribution in [0.5, 0.6) is 0 Å². The van der Waals surface area contributed by atoms with Gasteiger partial charge in [-0.05, 0) is 31.2 Å².